The highest BCUT2D eigenvalue weighted by atomic mass is 19.1. The molecule has 2 aliphatic rings. The summed E-state index contributed by atoms with van der Waals surface area (Å²) in [6.07, 6.45) is 7.46. The maximum atomic E-state index is 12.8. The minimum Gasteiger partial charge on any atom is -0.346 e. The summed E-state index contributed by atoms with van der Waals surface area (Å²) < 4.78 is 12.8. The Morgan fingerprint density at radius 2 is 1.76 bits per heavy atom. The highest BCUT2D eigenvalue weighted by Crippen LogP contribution is 2.34. The van der Waals surface area contributed by atoms with Crippen LogP contribution in [-0.4, -0.2) is 42.4 Å². The van der Waals surface area contributed by atoms with E-state index in [-0.39, 0.29) is 24.2 Å². The molecular weight excluding hydrogens is 321 g/mol. The van der Waals surface area contributed by atoms with Gasteiger partial charge in [-0.3, -0.25) is 14.5 Å². The Balaban J connectivity index is 1.42. The van der Waals surface area contributed by atoms with Crippen LogP contribution < -0.4 is 10.6 Å². The van der Waals surface area contributed by atoms with Crippen LogP contribution in [0.4, 0.5) is 10.1 Å². The van der Waals surface area contributed by atoms with Crippen molar-refractivity contribution in [2.24, 2.45) is 5.92 Å². The smallest absolute Gasteiger partial charge is 0.243 e. The van der Waals surface area contributed by atoms with Crippen molar-refractivity contribution < 1.29 is 14.0 Å². The lowest BCUT2D eigenvalue weighted by Gasteiger charge is -2.43. The molecule has 5 nitrogen and oxygen atoms in total. The topological polar surface area (TPSA) is 61.4 Å². The molecule has 3 rings (SSSR count). The number of rotatable bonds is 5. The molecule has 1 aromatic carbocycles. The van der Waals surface area contributed by atoms with E-state index in [9.17, 15) is 14.0 Å². The highest BCUT2D eigenvalue weighted by molar-refractivity contribution is 5.94. The van der Waals surface area contributed by atoms with Gasteiger partial charge in [0, 0.05) is 11.7 Å². The van der Waals surface area contributed by atoms with E-state index >= 15 is 0 Å². The number of halogens is 1. The van der Waals surface area contributed by atoms with E-state index in [0.29, 0.717) is 18.3 Å². The summed E-state index contributed by atoms with van der Waals surface area (Å²) >= 11 is 0. The number of fused-ring (bicyclic) bond motifs is 1. The van der Waals surface area contributed by atoms with Crippen molar-refractivity contribution in [1.82, 2.24) is 10.2 Å². The standard InChI is InChI=1S/C19H26FN3O2/c20-15-7-9-16(10-8-15)22-18(24)12-21-19(25)13-23-11-3-5-14-4-1-2-6-17(14)23/h7-10,14,17H,1-6,11-13H2,(H,21,25)(H,22,24)/t14-,17+/m1/s1. The van der Waals surface area contributed by atoms with Crippen molar-refractivity contribution in [2.75, 3.05) is 25.0 Å². The number of carbonyl (C=O) groups is 2. The summed E-state index contributed by atoms with van der Waals surface area (Å²) in [6, 6.07) is 6.08. The van der Waals surface area contributed by atoms with E-state index in [4.69, 9.17) is 0 Å². The van der Waals surface area contributed by atoms with Gasteiger partial charge in [0.1, 0.15) is 5.82 Å². The summed E-state index contributed by atoms with van der Waals surface area (Å²) in [4.78, 5) is 26.4. The molecule has 2 fully saturated rings. The number of piperidine rings is 1. The lowest BCUT2D eigenvalue weighted by atomic mass is 9.78. The third-order valence-corrected chi connectivity index (χ3v) is 5.28. The zero-order valence-corrected chi connectivity index (χ0v) is 14.5. The van der Waals surface area contributed by atoms with Gasteiger partial charge in [-0.1, -0.05) is 12.8 Å². The number of benzene rings is 1. The first-order valence-corrected chi connectivity index (χ1v) is 9.18. The van der Waals surface area contributed by atoms with Crippen molar-refractivity contribution in [2.45, 2.75) is 44.6 Å². The molecule has 2 atom stereocenters. The molecule has 0 spiro atoms. The Morgan fingerprint density at radius 3 is 2.56 bits per heavy atom. The Bertz CT molecular complexity index is 603. The number of likely N-dealkylation sites (tertiary alicyclic amines) is 1. The van der Waals surface area contributed by atoms with Gasteiger partial charge in [-0.25, -0.2) is 4.39 Å². The van der Waals surface area contributed by atoms with Gasteiger partial charge in [-0.2, -0.15) is 0 Å². The second-order valence-corrected chi connectivity index (χ2v) is 7.06. The Morgan fingerprint density at radius 1 is 1.04 bits per heavy atom. The predicted octanol–water partition coefficient (Wildman–Crippen LogP) is 2.54. The van der Waals surface area contributed by atoms with Crippen molar-refractivity contribution in [3.63, 3.8) is 0 Å². The molecule has 1 saturated carbocycles. The first kappa shape index (κ1) is 17.9. The van der Waals surface area contributed by atoms with Crippen molar-refractivity contribution >= 4 is 17.5 Å². The molecular formula is C19H26FN3O2. The lowest BCUT2D eigenvalue weighted by Crippen LogP contribution is -2.51. The third-order valence-electron chi connectivity index (χ3n) is 5.28. The minimum atomic E-state index is -0.353. The van der Waals surface area contributed by atoms with E-state index in [1.54, 1.807) is 0 Å². The van der Waals surface area contributed by atoms with Crippen LogP contribution in [0.2, 0.25) is 0 Å². The SMILES string of the molecule is O=C(CN1CCC[C@H]2CCCC[C@@H]21)NCC(=O)Nc1ccc(F)cc1. The van der Waals surface area contributed by atoms with Gasteiger partial charge in [0.15, 0.2) is 0 Å². The van der Waals surface area contributed by atoms with Crippen LogP contribution in [0.5, 0.6) is 0 Å². The van der Waals surface area contributed by atoms with E-state index in [0.717, 1.165) is 18.9 Å². The van der Waals surface area contributed by atoms with Crippen LogP contribution >= 0.6 is 0 Å². The van der Waals surface area contributed by atoms with Crippen LogP contribution in [0.15, 0.2) is 24.3 Å². The number of hydrogen-bond acceptors (Lipinski definition) is 3. The first-order valence-electron chi connectivity index (χ1n) is 9.18. The van der Waals surface area contributed by atoms with Crippen molar-refractivity contribution in [1.29, 1.82) is 0 Å². The molecule has 25 heavy (non-hydrogen) atoms. The van der Waals surface area contributed by atoms with E-state index < -0.39 is 0 Å². The number of amides is 2. The fourth-order valence-corrected chi connectivity index (χ4v) is 4.08. The summed E-state index contributed by atoms with van der Waals surface area (Å²) in [5.41, 5.74) is 0.515. The summed E-state index contributed by atoms with van der Waals surface area (Å²) in [5.74, 6) is -0.0412. The zero-order chi connectivity index (χ0) is 17.6. The van der Waals surface area contributed by atoms with Crippen LogP contribution in [-0.2, 0) is 9.59 Å². The minimum absolute atomic E-state index is 0.0713. The van der Waals surface area contributed by atoms with Gasteiger partial charge in [0.2, 0.25) is 11.8 Å². The average Bonchev–Trinajstić information content (AvgIpc) is 2.62. The number of nitrogens with zero attached hydrogens (tertiary/aromatic N) is 1. The van der Waals surface area contributed by atoms with Gasteiger partial charge < -0.3 is 10.6 Å². The molecule has 0 aromatic heterocycles. The molecule has 2 N–H and O–H groups in total. The average molecular weight is 347 g/mol. The quantitative estimate of drug-likeness (QED) is 0.860. The fourth-order valence-electron chi connectivity index (χ4n) is 4.08. The molecule has 0 unspecified atom stereocenters. The van der Waals surface area contributed by atoms with E-state index in [2.05, 4.69) is 15.5 Å². The van der Waals surface area contributed by atoms with Crippen LogP contribution in [0, 0.1) is 11.7 Å². The van der Waals surface area contributed by atoms with Gasteiger partial charge in [0.25, 0.3) is 0 Å². The molecule has 0 bridgehead atoms. The number of anilines is 1. The molecule has 136 valence electrons. The Kier molecular flexibility index (Phi) is 6.02. The monoisotopic (exact) mass is 347 g/mol. The van der Waals surface area contributed by atoms with Crippen molar-refractivity contribution in [3.8, 4) is 0 Å². The van der Waals surface area contributed by atoms with Gasteiger partial charge >= 0.3 is 0 Å². The molecule has 0 radical (unpaired) electrons. The largest absolute Gasteiger partial charge is 0.346 e. The Hall–Kier alpha value is -1.95. The summed E-state index contributed by atoms with van der Waals surface area (Å²) in [5, 5.41) is 5.33. The van der Waals surface area contributed by atoms with Gasteiger partial charge in [-0.05, 0) is 62.4 Å². The summed E-state index contributed by atoms with van der Waals surface area (Å²) in [6.45, 7) is 1.26. The van der Waals surface area contributed by atoms with Crippen LogP contribution in [0.1, 0.15) is 38.5 Å². The first-order chi connectivity index (χ1) is 12.1. The molecule has 2 amide bonds. The second-order valence-electron chi connectivity index (χ2n) is 7.06. The maximum Gasteiger partial charge on any atom is 0.243 e. The van der Waals surface area contributed by atoms with Crippen LogP contribution in [0.3, 0.4) is 0 Å². The fraction of sp³-hybridized carbons (Fsp3) is 0.579. The summed E-state index contributed by atoms with van der Waals surface area (Å²) in [7, 11) is 0. The molecule has 6 heteroatoms. The van der Waals surface area contributed by atoms with Gasteiger partial charge in [0.05, 0.1) is 13.1 Å². The zero-order valence-electron chi connectivity index (χ0n) is 14.5. The van der Waals surface area contributed by atoms with Crippen molar-refractivity contribution in [3.05, 3.63) is 30.1 Å². The molecule has 1 heterocycles. The van der Waals surface area contributed by atoms with E-state index in [1.165, 1.54) is 56.4 Å². The maximum absolute atomic E-state index is 12.8. The Labute approximate surface area is 148 Å². The number of nitrogens with one attached hydrogen (secondary N) is 2. The molecule has 1 aliphatic heterocycles. The van der Waals surface area contributed by atoms with E-state index in [1.807, 2.05) is 0 Å². The molecule has 1 aliphatic carbocycles. The van der Waals surface area contributed by atoms with Crippen LogP contribution in [0.25, 0.3) is 0 Å². The van der Waals surface area contributed by atoms with Gasteiger partial charge in [-0.15, -0.1) is 0 Å². The number of carbonyl (C=O) groups excluding carboxylic acids is 2. The molecule has 1 saturated heterocycles. The third kappa shape index (κ3) is 5.01. The normalized spacial score (nSPS) is 23.6. The highest BCUT2D eigenvalue weighted by Gasteiger charge is 2.33. The lowest BCUT2D eigenvalue weighted by molar-refractivity contribution is -0.126. The molecule has 1 aromatic rings. The predicted molar refractivity (Wildman–Crippen MR) is 94.6 cm³/mol. The number of hydrogen-bond donors (Lipinski definition) is 2. The second kappa shape index (κ2) is 8.43.